The maximum absolute atomic E-state index is 5.03. The van der Waals surface area contributed by atoms with Gasteiger partial charge in [0.2, 0.25) is 5.95 Å². The van der Waals surface area contributed by atoms with Crippen molar-refractivity contribution in [2.45, 2.75) is 0 Å². The summed E-state index contributed by atoms with van der Waals surface area (Å²) in [6, 6.07) is 43.3. The Kier molecular flexibility index (Phi) is 5.19. The molecule has 0 fully saturated rings. The minimum atomic E-state index is 0.866. The summed E-state index contributed by atoms with van der Waals surface area (Å²) in [6.07, 6.45) is 2.01. The van der Waals surface area contributed by atoms with Crippen molar-refractivity contribution >= 4 is 76.3 Å². The Morgan fingerprint density at radius 1 is 0.600 bits per heavy atom. The summed E-state index contributed by atoms with van der Waals surface area (Å²) < 4.78 is 3.33. The van der Waals surface area contributed by atoms with E-state index in [9.17, 15) is 0 Å². The molecule has 4 heteroatoms. The molecule has 0 N–H and O–H groups in total. The average molecular weight is 579 g/mol. The van der Waals surface area contributed by atoms with Gasteiger partial charge in [-0.25, -0.2) is 4.98 Å². The van der Waals surface area contributed by atoms with Gasteiger partial charge in [0.05, 0.1) is 11.9 Å². The van der Waals surface area contributed by atoms with Gasteiger partial charge in [0.1, 0.15) is 0 Å². The van der Waals surface area contributed by atoms with E-state index in [1.54, 1.807) is 0 Å². The predicted octanol–water partition coefficient (Wildman–Crippen LogP) is 10.4. The number of benzene rings is 7. The van der Waals surface area contributed by atoms with Gasteiger partial charge in [0.15, 0.2) is 0 Å². The van der Waals surface area contributed by atoms with Crippen LogP contribution in [-0.4, -0.2) is 9.55 Å². The van der Waals surface area contributed by atoms with Crippen molar-refractivity contribution in [1.82, 2.24) is 9.55 Å². The second-order valence-corrected chi connectivity index (χ2v) is 11.1. The van der Waals surface area contributed by atoms with Gasteiger partial charge in [0.25, 0.3) is 0 Å². The molecule has 0 unspecified atom stereocenters. The molecule has 0 atom stereocenters. The highest BCUT2D eigenvalue weighted by Crippen LogP contribution is 2.42. The molecule has 0 spiro atoms. The maximum atomic E-state index is 5.03. The molecule has 8 aromatic rings. The molecular weight excluding hydrogens is 554 g/mol. The fraction of sp³-hybridized carbons (Fsp3) is 0.0278. The van der Waals surface area contributed by atoms with E-state index in [1.165, 1.54) is 48.7 Å². The zero-order chi connectivity index (χ0) is 26.8. The standard InChI is InChI=1S/C36H24BrN3/c1-39-33(29-17-12-24-14-19-31-32(37)20-15-25-13-18-30(29)34(24)35(25)31)22-38-36(39)40(27-9-3-2-4-10-27)28-16-11-23-7-5-6-8-26(23)21-28/h2-22H,1H3. The van der Waals surface area contributed by atoms with Gasteiger partial charge < -0.3 is 4.57 Å². The van der Waals surface area contributed by atoms with E-state index in [1.807, 2.05) is 6.20 Å². The topological polar surface area (TPSA) is 21.1 Å². The van der Waals surface area contributed by atoms with Crippen LogP contribution >= 0.6 is 15.9 Å². The number of nitrogens with zero attached hydrogens (tertiary/aromatic N) is 3. The molecule has 7 aromatic carbocycles. The summed E-state index contributed by atoms with van der Waals surface area (Å²) >= 11 is 3.78. The molecule has 0 saturated heterocycles. The Balaban J connectivity index is 1.35. The number of aromatic nitrogens is 2. The summed E-state index contributed by atoms with van der Waals surface area (Å²) in [5.74, 6) is 0.866. The normalized spacial score (nSPS) is 11.8. The summed E-state index contributed by atoms with van der Waals surface area (Å²) in [7, 11) is 2.11. The van der Waals surface area contributed by atoms with Gasteiger partial charge in [-0.2, -0.15) is 0 Å². The van der Waals surface area contributed by atoms with Crippen molar-refractivity contribution in [3.8, 4) is 11.3 Å². The van der Waals surface area contributed by atoms with E-state index in [2.05, 4.69) is 154 Å². The third-order valence-corrected chi connectivity index (χ3v) is 8.75. The smallest absolute Gasteiger partial charge is 0.214 e. The molecule has 0 saturated carbocycles. The Hall–Kier alpha value is -4.67. The number of fused-ring (bicyclic) bond motifs is 1. The van der Waals surface area contributed by atoms with Crippen molar-refractivity contribution in [1.29, 1.82) is 0 Å². The minimum Gasteiger partial charge on any atom is -0.313 e. The highest BCUT2D eigenvalue weighted by atomic mass is 79.9. The highest BCUT2D eigenvalue weighted by molar-refractivity contribution is 9.10. The monoisotopic (exact) mass is 577 g/mol. The summed E-state index contributed by atoms with van der Waals surface area (Å²) in [5.41, 5.74) is 4.40. The Morgan fingerprint density at radius 2 is 1.25 bits per heavy atom. The number of anilines is 3. The minimum absolute atomic E-state index is 0.866. The second kappa shape index (κ2) is 8.94. The van der Waals surface area contributed by atoms with Crippen molar-refractivity contribution in [2.75, 3.05) is 4.90 Å². The van der Waals surface area contributed by atoms with Crippen molar-refractivity contribution in [2.24, 2.45) is 7.05 Å². The number of hydrogen-bond acceptors (Lipinski definition) is 2. The molecular formula is C36H24BrN3. The number of imidazole rings is 1. The Morgan fingerprint density at radius 3 is 2.08 bits per heavy atom. The van der Waals surface area contributed by atoms with Crippen LogP contribution < -0.4 is 4.90 Å². The first-order chi connectivity index (χ1) is 19.7. The van der Waals surface area contributed by atoms with Crippen LogP contribution in [0.5, 0.6) is 0 Å². The Bertz CT molecular complexity index is 2200. The number of hydrogen-bond donors (Lipinski definition) is 0. The van der Waals surface area contributed by atoms with Crippen LogP contribution in [0.15, 0.2) is 132 Å². The molecule has 0 amide bonds. The van der Waals surface area contributed by atoms with E-state index >= 15 is 0 Å². The fourth-order valence-corrected chi connectivity index (χ4v) is 6.58. The zero-order valence-electron chi connectivity index (χ0n) is 21.8. The molecule has 0 aliphatic carbocycles. The number of halogens is 1. The summed E-state index contributed by atoms with van der Waals surface area (Å²) in [5, 5.41) is 10.0. The lowest BCUT2D eigenvalue weighted by molar-refractivity contribution is 0.904. The number of rotatable bonds is 4. The SMILES string of the molecule is Cn1c(-c2ccc3ccc4c(Br)ccc5ccc2c3c54)cnc1N(c1ccccc1)c1ccc2ccccc2c1. The molecule has 0 bridgehead atoms. The molecule has 40 heavy (non-hydrogen) atoms. The van der Waals surface area contributed by atoms with Crippen LogP contribution in [0, 0.1) is 0 Å². The van der Waals surface area contributed by atoms with E-state index in [-0.39, 0.29) is 0 Å². The third-order valence-electron chi connectivity index (χ3n) is 8.06. The van der Waals surface area contributed by atoms with E-state index in [0.29, 0.717) is 0 Å². The van der Waals surface area contributed by atoms with Crippen LogP contribution in [0.2, 0.25) is 0 Å². The van der Waals surface area contributed by atoms with Gasteiger partial charge in [-0.05, 0) is 73.4 Å². The predicted molar refractivity (Wildman–Crippen MR) is 172 cm³/mol. The highest BCUT2D eigenvalue weighted by Gasteiger charge is 2.21. The van der Waals surface area contributed by atoms with Gasteiger partial charge in [0, 0.05) is 28.5 Å². The number of para-hydroxylation sites is 1. The average Bonchev–Trinajstić information content (AvgIpc) is 3.37. The molecule has 190 valence electrons. The zero-order valence-corrected chi connectivity index (χ0v) is 23.4. The van der Waals surface area contributed by atoms with Crippen LogP contribution in [0.1, 0.15) is 0 Å². The first kappa shape index (κ1) is 23.2. The van der Waals surface area contributed by atoms with E-state index in [0.717, 1.165) is 27.5 Å². The van der Waals surface area contributed by atoms with Crippen molar-refractivity contribution in [3.63, 3.8) is 0 Å². The van der Waals surface area contributed by atoms with Crippen LogP contribution in [0.4, 0.5) is 17.3 Å². The first-order valence-corrected chi connectivity index (χ1v) is 14.2. The Labute approximate surface area is 240 Å². The first-order valence-electron chi connectivity index (χ1n) is 13.4. The van der Waals surface area contributed by atoms with Gasteiger partial charge in [-0.15, -0.1) is 0 Å². The maximum Gasteiger partial charge on any atom is 0.214 e. The molecule has 0 aliphatic rings. The van der Waals surface area contributed by atoms with Crippen molar-refractivity contribution < 1.29 is 0 Å². The lowest BCUT2D eigenvalue weighted by Gasteiger charge is -2.25. The molecule has 1 heterocycles. The van der Waals surface area contributed by atoms with Gasteiger partial charge >= 0.3 is 0 Å². The molecule has 0 radical (unpaired) electrons. The fourth-order valence-electron chi connectivity index (χ4n) is 6.12. The molecule has 8 rings (SSSR count). The second-order valence-electron chi connectivity index (χ2n) is 10.3. The van der Waals surface area contributed by atoms with Gasteiger partial charge in [-0.3, -0.25) is 4.90 Å². The largest absolute Gasteiger partial charge is 0.313 e. The van der Waals surface area contributed by atoms with Crippen LogP contribution in [-0.2, 0) is 7.05 Å². The molecule has 1 aromatic heterocycles. The van der Waals surface area contributed by atoms with E-state index < -0.39 is 0 Å². The van der Waals surface area contributed by atoms with Crippen molar-refractivity contribution in [3.05, 3.63) is 132 Å². The van der Waals surface area contributed by atoms with Crippen LogP contribution in [0.25, 0.3) is 54.3 Å². The van der Waals surface area contributed by atoms with Crippen LogP contribution in [0.3, 0.4) is 0 Å². The van der Waals surface area contributed by atoms with Gasteiger partial charge in [-0.1, -0.05) is 107 Å². The summed E-state index contributed by atoms with van der Waals surface area (Å²) in [6.45, 7) is 0. The molecule has 0 aliphatic heterocycles. The van der Waals surface area contributed by atoms with E-state index in [4.69, 9.17) is 4.98 Å². The molecule has 3 nitrogen and oxygen atoms in total. The lowest BCUT2D eigenvalue weighted by Crippen LogP contribution is -2.14. The quantitative estimate of drug-likeness (QED) is 0.194. The lowest BCUT2D eigenvalue weighted by atomic mass is 9.91. The summed E-state index contributed by atoms with van der Waals surface area (Å²) in [4.78, 5) is 7.27. The third kappa shape index (κ3) is 3.46.